The molecule has 1 amide bonds. The van der Waals surface area contributed by atoms with E-state index in [-0.39, 0.29) is 11.6 Å². The van der Waals surface area contributed by atoms with Crippen molar-refractivity contribution in [1.82, 2.24) is 4.90 Å². The van der Waals surface area contributed by atoms with E-state index in [0.717, 1.165) is 61.1 Å². The van der Waals surface area contributed by atoms with Crippen molar-refractivity contribution in [2.75, 3.05) is 37.7 Å². The predicted molar refractivity (Wildman–Crippen MR) is 119 cm³/mol. The molecule has 2 aliphatic rings. The minimum absolute atomic E-state index is 0.262. The summed E-state index contributed by atoms with van der Waals surface area (Å²) in [6, 6.07) is 10.9. The van der Waals surface area contributed by atoms with Crippen LogP contribution in [0, 0.1) is 11.7 Å². The van der Waals surface area contributed by atoms with Crippen LogP contribution in [-0.4, -0.2) is 49.8 Å². The van der Waals surface area contributed by atoms with Crippen LogP contribution < -0.4 is 9.64 Å². The molecule has 0 N–H and O–H groups in total. The summed E-state index contributed by atoms with van der Waals surface area (Å²) in [7, 11) is 0. The number of rotatable bonds is 7. The summed E-state index contributed by atoms with van der Waals surface area (Å²) in [5.74, 6) is 0.236. The van der Waals surface area contributed by atoms with E-state index in [9.17, 15) is 13.6 Å². The molecule has 2 aliphatic heterocycles. The predicted octanol–water partition coefficient (Wildman–Crippen LogP) is 4.85. The van der Waals surface area contributed by atoms with Gasteiger partial charge in [-0.2, -0.15) is 0 Å². The molecule has 4 nitrogen and oxygen atoms in total. The summed E-state index contributed by atoms with van der Waals surface area (Å²) >= 11 is 0. The fourth-order valence-corrected chi connectivity index (χ4v) is 4.68. The fourth-order valence-electron chi connectivity index (χ4n) is 4.68. The van der Waals surface area contributed by atoms with Gasteiger partial charge in [-0.1, -0.05) is 18.2 Å². The zero-order valence-corrected chi connectivity index (χ0v) is 18.2. The number of alkyl halides is 1. The van der Waals surface area contributed by atoms with Crippen LogP contribution in [0.5, 0.6) is 5.75 Å². The van der Waals surface area contributed by atoms with Crippen LogP contribution in [0.1, 0.15) is 32.3 Å². The number of carbonyl (C=O) groups excluding carboxylic acids is 1. The van der Waals surface area contributed by atoms with Gasteiger partial charge in [0.15, 0.2) is 11.6 Å². The highest BCUT2D eigenvalue weighted by atomic mass is 19.1. The number of piperidine rings is 1. The second-order valence-corrected chi connectivity index (χ2v) is 9.25. The zero-order valence-electron chi connectivity index (χ0n) is 18.2. The number of halogens is 2. The Balaban J connectivity index is 1.38. The minimum Gasteiger partial charge on any atom is -0.490 e. The molecule has 0 spiro atoms. The van der Waals surface area contributed by atoms with Gasteiger partial charge in [-0.05, 0) is 87.0 Å². The Morgan fingerprint density at radius 2 is 1.94 bits per heavy atom. The monoisotopic (exact) mass is 428 g/mol. The summed E-state index contributed by atoms with van der Waals surface area (Å²) in [6.07, 6.45) is 3.47. The zero-order chi connectivity index (χ0) is 22.0. The summed E-state index contributed by atoms with van der Waals surface area (Å²) in [6.45, 7) is 6.48. The smallest absolute Gasteiger partial charge is 0.214 e. The van der Waals surface area contributed by atoms with Gasteiger partial charge in [-0.15, -0.1) is 0 Å². The molecule has 0 saturated carbocycles. The molecule has 4 rings (SSSR count). The number of benzene rings is 2. The highest BCUT2D eigenvalue weighted by Gasteiger charge is 2.26. The number of carbonyl (C=O) groups is 1. The van der Waals surface area contributed by atoms with Crippen molar-refractivity contribution in [3.05, 3.63) is 47.8 Å². The van der Waals surface area contributed by atoms with Crippen LogP contribution in [0.3, 0.4) is 0 Å². The van der Waals surface area contributed by atoms with E-state index < -0.39 is 5.67 Å². The molecule has 0 aliphatic carbocycles. The lowest BCUT2D eigenvalue weighted by atomic mass is 9.96. The molecule has 6 heteroatoms. The van der Waals surface area contributed by atoms with Gasteiger partial charge in [-0.3, -0.25) is 4.79 Å². The number of fused-ring (bicyclic) bond motifs is 1. The second kappa shape index (κ2) is 8.95. The lowest BCUT2D eigenvalue weighted by Gasteiger charge is -2.34. The van der Waals surface area contributed by atoms with E-state index in [4.69, 9.17) is 4.74 Å². The number of nitrogens with zero attached hydrogens (tertiary/aromatic N) is 2. The lowest BCUT2D eigenvalue weighted by molar-refractivity contribution is -0.107. The highest BCUT2D eigenvalue weighted by molar-refractivity contribution is 5.85. The van der Waals surface area contributed by atoms with E-state index in [1.54, 1.807) is 24.8 Å². The van der Waals surface area contributed by atoms with E-state index in [0.29, 0.717) is 25.6 Å². The first-order chi connectivity index (χ1) is 14.8. The molecule has 0 atom stereocenters. The second-order valence-electron chi connectivity index (χ2n) is 9.25. The first kappa shape index (κ1) is 21.8. The summed E-state index contributed by atoms with van der Waals surface area (Å²) in [4.78, 5) is 15.1. The number of amides is 1. The van der Waals surface area contributed by atoms with Crippen molar-refractivity contribution in [3.8, 4) is 16.9 Å². The Kier molecular flexibility index (Phi) is 6.28. The molecule has 31 heavy (non-hydrogen) atoms. The van der Waals surface area contributed by atoms with Crippen molar-refractivity contribution >= 4 is 12.1 Å². The number of hydrogen-bond donors (Lipinski definition) is 0. The molecule has 1 fully saturated rings. The SMILES string of the molecule is CC(C)(F)CN1CCC(COc2ccc(-c3cccc4c3CCN4C=O)cc2F)CC1. The Hall–Kier alpha value is -2.47. The average molecular weight is 429 g/mol. The first-order valence-corrected chi connectivity index (χ1v) is 11.0. The molecule has 166 valence electrons. The van der Waals surface area contributed by atoms with Gasteiger partial charge >= 0.3 is 0 Å². The van der Waals surface area contributed by atoms with Crippen molar-refractivity contribution in [2.45, 2.75) is 38.8 Å². The van der Waals surface area contributed by atoms with Crippen LogP contribution in [0.15, 0.2) is 36.4 Å². The topological polar surface area (TPSA) is 32.8 Å². The molecule has 1 saturated heterocycles. The standard InChI is InChI=1S/C25H30F2N2O2/c1-25(2,27)16-28-11-8-18(9-12-28)15-31-24-7-6-19(14-22(24)26)20-4-3-5-23-21(20)10-13-29(23)17-30/h3-7,14,17-18H,8-13,15-16H2,1-2H3. The van der Waals surface area contributed by atoms with Crippen molar-refractivity contribution in [1.29, 1.82) is 0 Å². The maximum atomic E-state index is 14.8. The Bertz CT molecular complexity index is 934. The van der Waals surface area contributed by atoms with Crippen molar-refractivity contribution in [2.24, 2.45) is 5.92 Å². The molecular weight excluding hydrogens is 398 g/mol. The quantitative estimate of drug-likeness (QED) is 0.591. The lowest BCUT2D eigenvalue weighted by Crippen LogP contribution is -2.41. The largest absolute Gasteiger partial charge is 0.490 e. The van der Waals surface area contributed by atoms with Crippen LogP contribution in [0.4, 0.5) is 14.5 Å². The number of ether oxygens (including phenoxy) is 1. The third kappa shape index (κ3) is 5.06. The molecule has 0 unspecified atom stereocenters. The molecular formula is C25H30F2N2O2. The maximum Gasteiger partial charge on any atom is 0.214 e. The van der Waals surface area contributed by atoms with Gasteiger partial charge < -0.3 is 14.5 Å². The van der Waals surface area contributed by atoms with Crippen LogP contribution in [0.2, 0.25) is 0 Å². The average Bonchev–Trinajstić information content (AvgIpc) is 3.16. The van der Waals surface area contributed by atoms with Crippen molar-refractivity contribution < 1.29 is 18.3 Å². The minimum atomic E-state index is -1.18. The van der Waals surface area contributed by atoms with Gasteiger partial charge in [0.05, 0.1) is 6.61 Å². The summed E-state index contributed by atoms with van der Waals surface area (Å²) in [5.41, 5.74) is 2.53. The molecule has 0 radical (unpaired) electrons. The van der Waals surface area contributed by atoms with E-state index >= 15 is 0 Å². The molecule has 0 aromatic heterocycles. The van der Waals surface area contributed by atoms with E-state index in [1.807, 2.05) is 24.3 Å². The van der Waals surface area contributed by atoms with Crippen LogP contribution in [-0.2, 0) is 11.2 Å². The van der Waals surface area contributed by atoms with E-state index in [2.05, 4.69) is 4.90 Å². The fraction of sp³-hybridized carbons (Fsp3) is 0.480. The van der Waals surface area contributed by atoms with Gasteiger partial charge in [0.2, 0.25) is 6.41 Å². The normalized spacial score (nSPS) is 17.6. The Labute approximate surface area is 182 Å². The number of anilines is 1. The first-order valence-electron chi connectivity index (χ1n) is 11.0. The molecule has 2 aromatic rings. The van der Waals surface area contributed by atoms with Crippen LogP contribution in [0.25, 0.3) is 11.1 Å². The van der Waals surface area contributed by atoms with Gasteiger partial charge in [0, 0.05) is 18.8 Å². The summed E-state index contributed by atoms with van der Waals surface area (Å²) in [5, 5.41) is 0. The number of hydrogen-bond acceptors (Lipinski definition) is 3. The molecule has 2 heterocycles. The van der Waals surface area contributed by atoms with Crippen LogP contribution >= 0.6 is 0 Å². The summed E-state index contributed by atoms with van der Waals surface area (Å²) < 4.78 is 34.4. The van der Waals surface area contributed by atoms with E-state index in [1.165, 1.54) is 6.07 Å². The third-order valence-corrected chi connectivity index (χ3v) is 6.21. The van der Waals surface area contributed by atoms with Gasteiger partial charge in [-0.25, -0.2) is 8.78 Å². The van der Waals surface area contributed by atoms with Crippen molar-refractivity contribution in [3.63, 3.8) is 0 Å². The maximum absolute atomic E-state index is 14.8. The Morgan fingerprint density at radius 3 is 2.61 bits per heavy atom. The molecule has 2 aromatic carbocycles. The van der Waals surface area contributed by atoms with Gasteiger partial charge in [0.1, 0.15) is 5.67 Å². The van der Waals surface area contributed by atoms with Gasteiger partial charge in [0.25, 0.3) is 0 Å². The molecule has 0 bridgehead atoms. The Morgan fingerprint density at radius 1 is 1.16 bits per heavy atom. The third-order valence-electron chi connectivity index (χ3n) is 6.21. The highest BCUT2D eigenvalue weighted by Crippen LogP contribution is 2.36. The number of likely N-dealkylation sites (tertiary alicyclic amines) is 1.